The zero-order chi connectivity index (χ0) is 11.3. The summed E-state index contributed by atoms with van der Waals surface area (Å²) in [4.78, 5) is 0. The fourth-order valence-electron chi connectivity index (χ4n) is 2.65. The molecule has 0 spiro atoms. The maximum atomic E-state index is 5.14. The van der Waals surface area contributed by atoms with E-state index in [0.717, 1.165) is 24.5 Å². The van der Waals surface area contributed by atoms with E-state index in [9.17, 15) is 0 Å². The molecule has 90 valence electrons. The van der Waals surface area contributed by atoms with Crippen LogP contribution in [0.25, 0.3) is 0 Å². The van der Waals surface area contributed by atoms with E-state index in [0.29, 0.717) is 6.04 Å². The molecule has 0 bridgehead atoms. The number of ether oxygens (including phenoxy) is 1. The predicted octanol–water partition coefficient (Wildman–Crippen LogP) is 2.83. The first-order valence-electron chi connectivity index (χ1n) is 6.38. The van der Waals surface area contributed by atoms with Gasteiger partial charge in [0.05, 0.1) is 6.61 Å². The summed E-state index contributed by atoms with van der Waals surface area (Å²) >= 11 is 0. The Morgan fingerprint density at radius 2 is 1.73 bits per heavy atom. The molecule has 1 saturated carbocycles. The summed E-state index contributed by atoms with van der Waals surface area (Å²) in [5, 5.41) is 3.65. The van der Waals surface area contributed by atoms with E-state index in [4.69, 9.17) is 4.74 Å². The number of hydrogen-bond donors (Lipinski definition) is 1. The van der Waals surface area contributed by atoms with Gasteiger partial charge in [-0.05, 0) is 44.4 Å². The Labute approximate surface area is 94.8 Å². The highest BCUT2D eigenvalue weighted by molar-refractivity contribution is 4.80. The monoisotopic (exact) mass is 213 g/mol. The third kappa shape index (κ3) is 4.52. The van der Waals surface area contributed by atoms with Crippen LogP contribution in [-0.4, -0.2) is 25.8 Å². The predicted molar refractivity (Wildman–Crippen MR) is 65.1 cm³/mol. The van der Waals surface area contributed by atoms with Crippen LogP contribution in [0.4, 0.5) is 0 Å². The van der Waals surface area contributed by atoms with Crippen LogP contribution >= 0.6 is 0 Å². The molecule has 0 aromatic carbocycles. The van der Waals surface area contributed by atoms with Crippen LogP contribution in [0.3, 0.4) is 0 Å². The molecule has 0 saturated heterocycles. The summed E-state index contributed by atoms with van der Waals surface area (Å²) < 4.78 is 5.14. The standard InChI is InChI=1S/C13H27NO/c1-10(2)12-5-7-13(8-6-12)14-11(3)9-15-4/h10-14H,5-9H2,1-4H3/t11-,12?,13?/m1/s1. The molecule has 1 atom stereocenters. The van der Waals surface area contributed by atoms with Gasteiger partial charge in [-0.25, -0.2) is 0 Å². The van der Waals surface area contributed by atoms with E-state index in [2.05, 4.69) is 26.1 Å². The van der Waals surface area contributed by atoms with E-state index in [1.807, 2.05) is 0 Å². The summed E-state index contributed by atoms with van der Waals surface area (Å²) in [6.07, 6.45) is 5.48. The molecule has 2 heteroatoms. The smallest absolute Gasteiger partial charge is 0.0613 e. The van der Waals surface area contributed by atoms with Crippen molar-refractivity contribution >= 4 is 0 Å². The van der Waals surface area contributed by atoms with Crippen molar-refractivity contribution in [1.82, 2.24) is 5.32 Å². The minimum atomic E-state index is 0.496. The molecule has 2 nitrogen and oxygen atoms in total. The van der Waals surface area contributed by atoms with Gasteiger partial charge in [0.2, 0.25) is 0 Å². The van der Waals surface area contributed by atoms with Crippen molar-refractivity contribution in [2.45, 2.75) is 58.5 Å². The van der Waals surface area contributed by atoms with Crippen molar-refractivity contribution < 1.29 is 4.74 Å². The van der Waals surface area contributed by atoms with Crippen molar-refractivity contribution in [1.29, 1.82) is 0 Å². The van der Waals surface area contributed by atoms with Gasteiger partial charge in [-0.15, -0.1) is 0 Å². The Bertz CT molecular complexity index is 162. The normalized spacial score (nSPS) is 29.4. The van der Waals surface area contributed by atoms with Gasteiger partial charge in [-0.3, -0.25) is 0 Å². The van der Waals surface area contributed by atoms with E-state index >= 15 is 0 Å². The first-order valence-corrected chi connectivity index (χ1v) is 6.38. The Morgan fingerprint density at radius 1 is 1.13 bits per heavy atom. The minimum absolute atomic E-state index is 0.496. The van der Waals surface area contributed by atoms with Crippen LogP contribution in [0, 0.1) is 11.8 Å². The second-order valence-electron chi connectivity index (χ2n) is 5.38. The lowest BCUT2D eigenvalue weighted by Gasteiger charge is -2.32. The lowest BCUT2D eigenvalue weighted by molar-refractivity contribution is 0.154. The van der Waals surface area contributed by atoms with Gasteiger partial charge >= 0.3 is 0 Å². The van der Waals surface area contributed by atoms with Crippen LogP contribution in [0.2, 0.25) is 0 Å². The Kier molecular flexibility index (Phi) is 5.62. The molecule has 1 fully saturated rings. The Morgan fingerprint density at radius 3 is 2.20 bits per heavy atom. The first kappa shape index (κ1) is 13.0. The molecule has 1 rings (SSSR count). The fourth-order valence-corrected chi connectivity index (χ4v) is 2.65. The van der Waals surface area contributed by atoms with Crippen molar-refractivity contribution in [3.8, 4) is 0 Å². The van der Waals surface area contributed by atoms with Gasteiger partial charge in [0.15, 0.2) is 0 Å². The highest BCUT2D eigenvalue weighted by Crippen LogP contribution is 2.29. The first-order chi connectivity index (χ1) is 7.13. The maximum Gasteiger partial charge on any atom is 0.0613 e. The van der Waals surface area contributed by atoms with Crippen LogP contribution < -0.4 is 5.32 Å². The van der Waals surface area contributed by atoms with E-state index in [-0.39, 0.29) is 0 Å². The second-order valence-corrected chi connectivity index (χ2v) is 5.38. The fraction of sp³-hybridized carbons (Fsp3) is 1.00. The van der Waals surface area contributed by atoms with Gasteiger partial charge < -0.3 is 10.1 Å². The molecule has 1 aliphatic rings. The van der Waals surface area contributed by atoms with Gasteiger partial charge in [0, 0.05) is 19.2 Å². The molecule has 15 heavy (non-hydrogen) atoms. The van der Waals surface area contributed by atoms with Crippen LogP contribution in [-0.2, 0) is 4.74 Å². The molecule has 0 unspecified atom stereocenters. The summed E-state index contributed by atoms with van der Waals surface area (Å²) in [7, 11) is 1.77. The molecule has 0 heterocycles. The SMILES string of the molecule is COC[C@@H](C)NC1CCC(C(C)C)CC1. The highest BCUT2D eigenvalue weighted by Gasteiger charge is 2.23. The molecule has 0 aromatic heterocycles. The summed E-state index contributed by atoms with van der Waals surface area (Å²) in [5.41, 5.74) is 0. The van der Waals surface area contributed by atoms with Crippen molar-refractivity contribution in [2.24, 2.45) is 11.8 Å². The quantitative estimate of drug-likeness (QED) is 0.758. The second kappa shape index (κ2) is 6.49. The summed E-state index contributed by atoms with van der Waals surface area (Å²) in [5.74, 6) is 1.82. The zero-order valence-electron chi connectivity index (χ0n) is 10.8. The Hall–Kier alpha value is -0.0800. The third-order valence-electron chi connectivity index (χ3n) is 3.65. The topological polar surface area (TPSA) is 21.3 Å². The molecule has 1 N–H and O–H groups in total. The highest BCUT2D eigenvalue weighted by atomic mass is 16.5. The summed E-state index contributed by atoms with van der Waals surface area (Å²) in [6.45, 7) is 7.74. The van der Waals surface area contributed by atoms with Crippen molar-refractivity contribution in [3.05, 3.63) is 0 Å². The molecule has 0 aromatic rings. The number of hydrogen-bond acceptors (Lipinski definition) is 2. The van der Waals surface area contributed by atoms with Crippen LogP contribution in [0.15, 0.2) is 0 Å². The molecule has 0 amide bonds. The van der Waals surface area contributed by atoms with E-state index in [1.54, 1.807) is 7.11 Å². The average Bonchev–Trinajstić information content (AvgIpc) is 2.18. The van der Waals surface area contributed by atoms with E-state index < -0.39 is 0 Å². The number of methoxy groups -OCH3 is 1. The zero-order valence-corrected chi connectivity index (χ0v) is 10.8. The van der Waals surface area contributed by atoms with Crippen molar-refractivity contribution in [3.63, 3.8) is 0 Å². The third-order valence-corrected chi connectivity index (χ3v) is 3.65. The molecular formula is C13H27NO. The minimum Gasteiger partial charge on any atom is -0.383 e. The molecule has 1 aliphatic carbocycles. The van der Waals surface area contributed by atoms with Gasteiger partial charge in [0.25, 0.3) is 0 Å². The average molecular weight is 213 g/mol. The van der Waals surface area contributed by atoms with E-state index in [1.165, 1.54) is 25.7 Å². The molecule has 0 radical (unpaired) electrons. The summed E-state index contributed by atoms with van der Waals surface area (Å²) in [6, 6.07) is 1.22. The van der Waals surface area contributed by atoms with Crippen LogP contribution in [0.5, 0.6) is 0 Å². The van der Waals surface area contributed by atoms with Gasteiger partial charge in [-0.1, -0.05) is 13.8 Å². The number of rotatable bonds is 5. The molecule has 0 aliphatic heterocycles. The lowest BCUT2D eigenvalue weighted by atomic mass is 9.79. The maximum absolute atomic E-state index is 5.14. The van der Waals surface area contributed by atoms with Crippen LogP contribution in [0.1, 0.15) is 46.5 Å². The Balaban J connectivity index is 2.19. The van der Waals surface area contributed by atoms with Crippen molar-refractivity contribution in [2.75, 3.05) is 13.7 Å². The lowest BCUT2D eigenvalue weighted by Crippen LogP contribution is -2.41. The largest absolute Gasteiger partial charge is 0.383 e. The van der Waals surface area contributed by atoms with Gasteiger partial charge in [0.1, 0.15) is 0 Å². The molecular weight excluding hydrogens is 186 g/mol. The van der Waals surface area contributed by atoms with Gasteiger partial charge in [-0.2, -0.15) is 0 Å². The number of nitrogens with one attached hydrogen (secondary N) is 1.